The molecule has 1 aromatic carbocycles. The predicted molar refractivity (Wildman–Crippen MR) is 79.2 cm³/mol. The molecule has 116 valence electrons. The number of nitrogens with one attached hydrogen (secondary N) is 2. The van der Waals surface area contributed by atoms with E-state index in [2.05, 4.69) is 10.6 Å². The fourth-order valence-corrected chi connectivity index (χ4v) is 1.80. The molecule has 0 radical (unpaired) electrons. The maximum atomic E-state index is 11.6. The maximum absolute atomic E-state index is 11.6. The SMILES string of the molecule is CCOCCNC(=O)NC(CCc1ccccc1)C(=O)O. The summed E-state index contributed by atoms with van der Waals surface area (Å²) in [6.07, 6.45) is 0.940. The number of carbonyl (C=O) groups excluding carboxylic acids is 1. The monoisotopic (exact) mass is 294 g/mol. The molecular weight excluding hydrogens is 272 g/mol. The number of benzene rings is 1. The van der Waals surface area contributed by atoms with Gasteiger partial charge in [-0.15, -0.1) is 0 Å². The summed E-state index contributed by atoms with van der Waals surface area (Å²) in [5.74, 6) is -1.04. The van der Waals surface area contributed by atoms with E-state index in [0.717, 1.165) is 5.56 Å². The standard InChI is InChI=1S/C15H22N2O4/c1-2-21-11-10-16-15(20)17-13(14(18)19)9-8-12-6-4-3-5-7-12/h3-7,13H,2,8-11H2,1H3,(H,18,19)(H2,16,17,20). The molecule has 6 nitrogen and oxygen atoms in total. The van der Waals surface area contributed by atoms with Crippen LogP contribution in [0.5, 0.6) is 0 Å². The molecule has 0 spiro atoms. The lowest BCUT2D eigenvalue weighted by Gasteiger charge is -2.15. The van der Waals surface area contributed by atoms with Gasteiger partial charge in [0.15, 0.2) is 0 Å². The first kappa shape index (κ1) is 17.0. The number of rotatable bonds is 9. The molecule has 0 saturated heterocycles. The number of ether oxygens (including phenoxy) is 1. The molecule has 0 aliphatic rings. The Morgan fingerprint density at radius 1 is 1.29 bits per heavy atom. The van der Waals surface area contributed by atoms with Crippen molar-refractivity contribution >= 4 is 12.0 Å². The Hall–Kier alpha value is -2.08. The van der Waals surface area contributed by atoms with Crippen LogP contribution < -0.4 is 10.6 Å². The number of hydrogen-bond acceptors (Lipinski definition) is 3. The molecule has 0 bridgehead atoms. The van der Waals surface area contributed by atoms with Gasteiger partial charge in [0.1, 0.15) is 6.04 Å². The summed E-state index contributed by atoms with van der Waals surface area (Å²) in [4.78, 5) is 22.8. The van der Waals surface area contributed by atoms with Crippen molar-refractivity contribution in [1.82, 2.24) is 10.6 Å². The average Bonchev–Trinajstić information content (AvgIpc) is 2.48. The van der Waals surface area contributed by atoms with E-state index < -0.39 is 18.0 Å². The number of amides is 2. The smallest absolute Gasteiger partial charge is 0.326 e. The molecular formula is C15H22N2O4. The van der Waals surface area contributed by atoms with Gasteiger partial charge in [-0.25, -0.2) is 9.59 Å². The minimum Gasteiger partial charge on any atom is -0.480 e. The van der Waals surface area contributed by atoms with Crippen LogP contribution in [-0.2, 0) is 16.0 Å². The van der Waals surface area contributed by atoms with Crippen molar-refractivity contribution in [2.24, 2.45) is 0 Å². The molecule has 0 saturated carbocycles. The van der Waals surface area contributed by atoms with Gasteiger partial charge in [-0.1, -0.05) is 30.3 Å². The van der Waals surface area contributed by atoms with Crippen LogP contribution in [0.4, 0.5) is 4.79 Å². The zero-order chi connectivity index (χ0) is 15.5. The number of hydrogen-bond donors (Lipinski definition) is 3. The zero-order valence-electron chi connectivity index (χ0n) is 12.2. The van der Waals surface area contributed by atoms with Gasteiger partial charge in [0.25, 0.3) is 0 Å². The summed E-state index contributed by atoms with van der Waals surface area (Å²) < 4.78 is 5.08. The van der Waals surface area contributed by atoms with Crippen LogP contribution in [-0.4, -0.2) is 42.9 Å². The van der Waals surface area contributed by atoms with Crippen LogP contribution in [0.3, 0.4) is 0 Å². The highest BCUT2D eigenvalue weighted by molar-refractivity contribution is 5.82. The Morgan fingerprint density at radius 3 is 2.62 bits per heavy atom. The maximum Gasteiger partial charge on any atom is 0.326 e. The molecule has 1 aromatic rings. The van der Waals surface area contributed by atoms with Crippen LogP contribution in [0.15, 0.2) is 30.3 Å². The molecule has 0 aliphatic carbocycles. The summed E-state index contributed by atoms with van der Waals surface area (Å²) in [5.41, 5.74) is 1.04. The molecule has 0 heterocycles. The first-order chi connectivity index (χ1) is 10.1. The van der Waals surface area contributed by atoms with Crippen LogP contribution in [0.1, 0.15) is 18.9 Å². The Morgan fingerprint density at radius 2 is 2.00 bits per heavy atom. The van der Waals surface area contributed by atoms with Gasteiger partial charge in [-0.3, -0.25) is 0 Å². The van der Waals surface area contributed by atoms with E-state index in [-0.39, 0.29) is 0 Å². The van der Waals surface area contributed by atoms with Gasteiger partial charge in [0, 0.05) is 13.2 Å². The molecule has 0 aromatic heterocycles. The van der Waals surface area contributed by atoms with E-state index in [4.69, 9.17) is 9.84 Å². The summed E-state index contributed by atoms with van der Waals surface area (Å²) in [5, 5.41) is 14.2. The van der Waals surface area contributed by atoms with Crippen molar-refractivity contribution in [3.63, 3.8) is 0 Å². The van der Waals surface area contributed by atoms with E-state index in [1.807, 2.05) is 37.3 Å². The number of carbonyl (C=O) groups is 2. The van der Waals surface area contributed by atoms with Crippen molar-refractivity contribution in [3.05, 3.63) is 35.9 Å². The summed E-state index contributed by atoms with van der Waals surface area (Å²) in [6.45, 7) is 3.21. The van der Waals surface area contributed by atoms with Crippen LogP contribution in [0.25, 0.3) is 0 Å². The third-order valence-electron chi connectivity index (χ3n) is 2.90. The van der Waals surface area contributed by atoms with Gasteiger partial charge in [0.05, 0.1) is 6.61 Å². The van der Waals surface area contributed by atoms with E-state index in [0.29, 0.717) is 32.6 Å². The zero-order valence-corrected chi connectivity index (χ0v) is 12.2. The third-order valence-corrected chi connectivity index (χ3v) is 2.90. The first-order valence-electron chi connectivity index (χ1n) is 7.02. The lowest BCUT2D eigenvalue weighted by atomic mass is 10.1. The normalized spacial score (nSPS) is 11.7. The van der Waals surface area contributed by atoms with Gasteiger partial charge < -0.3 is 20.5 Å². The van der Waals surface area contributed by atoms with Gasteiger partial charge in [0.2, 0.25) is 0 Å². The van der Waals surface area contributed by atoms with Gasteiger partial charge in [-0.2, -0.15) is 0 Å². The van der Waals surface area contributed by atoms with Crippen molar-refractivity contribution in [2.45, 2.75) is 25.8 Å². The molecule has 1 unspecified atom stereocenters. The Balaban J connectivity index is 2.35. The first-order valence-corrected chi connectivity index (χ1v) is 7.02. The lowest BCUT2D eigenvalue weighted by Crippen LogP contribution is -2.46. The molecule has 6 heteroatoms. The second-order valence-corrected chi connectivity index (χ2v) is 4.51. The minimum absolute atomic E-state index is 0.345. The molecule has 3 N–H and O–H groups in total. The Labute approximate surface area is 124 Å². The highest BCUT2D eigenvalue weighted by atomic mass is 16.5. The molecule has 2 amide bonds. The third kappa shape index (κ3) is 7.31. The number of aryl methyl sites for hydroxylation is 1. The van der Waals surface area contributed by atoms with Gasteiger partial charge >= 0.3 is 12.0 Å². The van der Waals surface area contributed by atoms with E-state index in [9.17, 15) is 9.59 Å². The Bertz CT molecular complexity index is 437. The van der Waals surface area contributed by atoms with Crippen LogP contribution in [0.2, 0.25) is 0 Å². The van der Waals surface area contributed by atoms with Crippen molar-refractivity contribution in [2.75, 3.05) is 19.8 Å². The number of aliphatic carboxylic acids is 1. The highest BCUT2D eigenvalue weighted by Gasteiger charge is 2.19. The quantitative estimate of drug-likeness (QED) is 0.601. The summed E-state index contributed by atoms with van der Waals surface area (Å²) in [6, 6.07) is 8.18. The Kier molecular flexibility index (Phi) is 7.89. The van der Waals surface area contributed by atoms with Crippen molar-refractivity contribution in [1.29, 1.82) is 0 Å². The molecule has 0 fully saturated rings. The van der Waals surface area contributed by atoms with Crippen molar-refractivity contribution < 1.29 is 19.4 Å². The molecule has 1 rings (SSSR count). The topological polar surface area (TPSA) is 87.7 Å². The van der Waals surface area contributed by atoms with Crippen LogP contribution >= 0.6 is 0 Å². The average molecular weight is 294 g/mol. The fourth-order valence-electron chi connectivity index (χ4n) is 1.80. The second-order valence-electron chi connectivity index (χ2n) is 4.51. The van der Waals surface area contributed by atoms with E-state index in [1.54, 1.807) is 0 Å². The van der Waals surface area contributed by atoms with E-state index in [1.165, 1.54) is 0 Å². The minimum atomic E-state index is -1.04. The molecule has 1 atom stereocenters. The van der Waals surface area contributed by atoms with Crippen LogP contribution in [0, 0.1) is 0 Å². The lowest BCUT2D eigenvalue weighted by molar-refractivity contribution is -0.139. The summed E-state index contributed by atoms with van der Waals surface area (Å²) >= 11 is 0. The number of carboxylic acid groups (broad SMARTS) is 1. The largest absolute Gasteiger partial charge is 0.480 e. The second kappa shape index (κ2) is 9.77. The molecule has 21 heavy (non-hydrogen) atoms. The predicted octanol–water partition coefficient (Wildman–Crippen LogP) is 1.41. The number of urea groups is 1. The fraction of sp³-hybridized carbons (Fsp3) is 0.467. The summed E-state index contributed by atoms with van der Waals surface area (Å²) in [7, 11) is 0. The van der Waals surface area contributed by atoms with Gasteiger partial charge in [-0.05, 0) is 25.3 Å². The highest BCUT2D eigenvalue weighted by Crippen LogP contribution is 2.05. The van der Waals surface area contributed by atoms with E-state index >= 15 is 0 Å². The van der Waals surface area contributed by atoms with Crippen molar-refractivity contribution in [3.8, 4) is 0 Å². The number of carboxylic acids is 1. The molecule has 0 aliphatic heterocycles.